The lowest BCUT2D eigenvalue weighted by atomic mass is 9.90. The van der Waals surface area contributed by atoms with Crippen molar-refractivity contribution in [1.82, 2.24) is 15.0 Å². The molecule has 0 saturated carbocycles. The van der Waals surface area contributed by atoms with E-state index >= 15 is 0 Å². The Labute approximate surface area is 163 Å². The molecule has 29 heavy (non-hydrogen) atoms. The van der Waals surface area contributed by atoms with Crippen LogP contribution in [0.1, 0.15) is 28.5 Å². The van der Waals surface area contributed by atoms with Crippen LogP contribution in [0, 0.1) is 0 Å². The molecule has 1 aliphatic heterocycles. The van der Waals surface area contributed by atoms with Crippen LogP contribution >= 0.6 is 0 Å². The number of carboxylic acids is 1. The minimum absolute atomic E-state index is 0.0540. The minimum atomic E-state index is -4.46. The van der Waals surface area contributed by atoms with Crippen molar-refractivity contribution in [3.8, 4) is 11.4 Å². The lowest BCUT2D eigenvalue weighted by Gasteiger charge is -2.31. The van der Waals surface area contributed by atoms with E-state index in [0.29, 0.717) is 6.54 Å². The molecule has 1 atom stereocenters. The molecule has 2 aromatic carbocycles. The molecule has 6 nitrogen and oxygen atoms in total. The maximum absolute atomic E-state index is 12.9. The second kappa shape index (κ2) is 7.32. The number of fused-ring (bicyclic) bond motifs is 1. The average Bonchev–Trinajstić information content (AvgIpc) is 3.15. The van der Waals surface area contributed by atoms with Gasteiger partial charge in [0.1, 0.15) is 0 Å². The summed E-state index contributed by atoms with van der Waals surface area (Å²) in [7, 11) is 0. The van der Waals surface area contributed by atoms with Gasteiger partial charge >= 0.3 is 12.1 Å². The van der Waals surface area contributed by atoms with E-state index in [1.54, 1.807) is 0 Å². The first-order valence-electron chi connectivity index (χ1n) is 8.84. The van der Waals surface area contributed by atoms with Crippen LogP contribution in [0.15, 0.2) is 53.1 Å². The van der Waals surface area contributed by atoms with Gasteiger partial charge in [-0.1, -0.05) is 41.6 Å². The molecule has 0 aliphatic carbocycles. The molecule has 1 N–H and O–H groups in total. The second-order valence-corrected chi connectivity index (χ2v) is 6.85. The highest BCUT2D eigenvalue weighted by atomic mass is 19.4. The van der Waals surface area contributed by atoms with Gasteiger partial charge in [0.05, 0.1) is 18.0 Å². The Morgan fingerprint density at radius 1 is 1.21 bits per heavy atom. The summed E-state index contributed by atoms with van der Waals surface area (Å²) in [5.74, 6) is -1.33. The lowest BCUT2D eigenvalue weighted by Crippen LogP contribution is -2.36. The fraction of sp³-hybridized carbons (Fsp3) is 0.250. The van der Waals surface area contributed by atoms with Gasteiger partial charge in [-0.2, -0.15) is 18.2 Å². The summed E-state index contributed by atoms with van der Waals surface area (Å²) in [5.41, 5.74) is 1.09. The summed E-state index contributed by atoms with van der Waals surface area (Å²) >= 11 is 0. The third-order valence-corrected chi connectivity index (χ3v) is 4.84. The second-order valence-electron chi connectivity index (χ2n) is 6.85. The van der Waals surface area contributed by atoms with Gasteiger partial charge in [-0.05, 0) is 23.3 Å². The monoisotopic (exact) mass is 403 g/mol. The molecule has 1 aromatic heterocycles. The number of hydrogen-bond acceptors (Lipinski definition) is 5. The number of benzene rings is 2. The molecule has 0 saturated heterocycles. The van der Waals surface area contributed by atoms with Crippen molar-refractivity contribution >= 4 is 5.97 Å². The zero-order valence-electron chi connectivity index (χ0n) is 15.1. The number of carboxylic acid groups (broad SMARTS) is 1. The van der Waals surface area contributed by atoms with Crippen LogP contribution in [-0.4, -0.2) is 32.7 Å². The summed E-state index contributed by atoms with van der Waals surface area (Å²) < 4.78 is 43.9. The summed E-state index contributed by atoms with van der Waals surface area (Å²) in [6, 6.07) is 12.0. The van der Waals surface area contributed by atoms with Gasteiger partial charge in [-0.3, -0.25) is 9.69 Å². The topological polar surface area (TPSA) is 79.5 Å². The van der Waals surface area contributed by atoms with Crippen molar-refractivity contribution in [2.75, 3.05) is 6.54 Å². The largest absolute Gasteiger partial charge is 0.481 e. The molecule has 1 aliphatic rings. The first-order chi connectivity index (χ1) is 13.8. The van der Waals surface area contributed by atoms with Gasteiger partial charge in [0.25, 0.3) is 0 Å². The Hall–Kier alpha value is -3.20. The SMILES string of the molecule is O=C(O)C1CN(Cc2nc(-c3cccc(C(F)(F)F)c3)no2)Cc2ccccc21. The first kappa shape index (κ1) is 19.1. The lowest BCUT2D eigenvalue weighted by molar-refractivity contribution is -0.140. The average molecular weight is 403 g/mol. The zero-order chi connectivity index (χ0) is 20.6. The van der Waals surface area contributed by atoms with Crippen LogP contribution in [0.25, 0.3) is 11.4 Å². The Morgan fingerprint density at radius 3 is 2.76 bits per heavy atom. The highest BCUT2D eigenvalue weighted by molar-refractivity contribution is 5.77. The number of aromatic nitrogens is 2. The smallest absolute Gasteiger partial charge is 0.416 e. The number of nitrogens with zero attached hydrogens (tertiary/aromatic N) is 3. The molecule has 150 valence electrons. The molecule has 9 heteroatoms. The van der Waals surface area contributed by atoms with Crippen LogP contribution in [0.4, 0.5) is 13.2 Å². The van der Waals surface area contributed by atoms with E-state index in [2.05, 4.69) is 10.1 Å². The van der Waals surface area contributed by atoms with Crippen LogP contribution in [-0.2, 0) is 24.1 Å². The van der Waals surface area contributed by atoms with Crippen molar-refractivity contribution in [3.63, 3.8) is 0 Å². The van der Waals surface area contributed by atoms with Gasteiger partial charge in [0.15, 0.2) is 0 Å². The molecular weight excluding hydrogens is 387 g/mol. The number of rotatable bonds is 4. The summed E-state index contributed by atoms with van der Waals surface area (Å²) in [6.45, 7) is 0.985. The molecule has 4 rings (SSSR count). The Kier molecular flexibility index (Phi) is 4.83. The van der Waals surface area contributed by atoms with E-state index in [0.717, 1.165) is 23.3 Å². The Morgan fingerprint density at radius 2 is 2.00 bits per heavy atom. The van der Waals surface area contributed by atoms with Crippen molar-refractivity contribution in [1.29, 1.82) is 0 Å². The van der Waals surface area contributed by atoms with Gasteiger partial charge in [-0.25, -0.2) is 0 Å². The van der Waals surface area contributed by atoms with Gasteiger partial charge in [0.2, 0.25) is 11.7 Å². The van der Waals surface area contributed by atoms with Gasteiger partial charge < -0.3 is 9.63 Å². The highest BCUT2D eigenvalue weighted by Gasteiger charge is 2.32. The molecule has 0 amide bonds. The van der Waals surface area contributed by atoms with E-state index in [9.17, 15) is 23.1 Å². The van der Waals surface area contributed by atoms with E-state index in [-0.39, 0.29) is 30.4 Å². The van der Waals surface area contributed by atoms with Crippen molar-refractivity contribution in [2.24, 2.45) is 0 Å². The van der Waals surface area contributed by atoms with Crippen molar-refractivity contribution in [2.45, 2.75) is 25.2 Å². The standard InChI is InChI=1S/C20H16F3N3O3/c21-20(22,23)14-6-3-5-12(8-14)18-24-17(29-25-18)11-26-9-13-4-1-2-7-15(13)16(10-26)19(27)28/h1-8,16H,9-11H2,(H,27,28). The molecule has 0 fully saturated rings. The molecule has 3 aromatic rings. The number of carbonyl (C=O) groups is 1. The first-order valence-corrected chi connectivity index (χ1v) is 8.84. The maximum Gasteiger partial charge on any atom is 0.416 e. The van der Waals surface area contributed by atoms with E-state index < -0.39 is 23.6 Å². The molecule has 1 unspecified atom stereocenters. The number of alkyl halides is 3. The van der Waals surface area contributed by atoms with E-state index in [1.807, 2.05) is 29.2 Å². The highest BCUT2D eigenvalue weighted by Crippen LogP contribution is 2.32. The zero-order valence-corrected chi connectivity index (χ0v) is 15.1. The number of aliphatic carboxylic acids is 1. The van der Waals surface area contributed by atoms with Crippen molar-refractivity contribution < 1.29 is 27.6 Å². The van der Waals surface area contributed by atoms with Gasteiger partial charge in [-0.15, -0.1) is 0 Å². The third-order valence-electron chi connectivity index (χ3n) is 4.84. The fourth-order valence-electron chi connectivity index (χ4n) is 3.47. The van der Waals surface area contributed by atoms with Crippen molar-refractivity contribution in [3.05, 3.63) is 71.1 Å². The van der Waals surface area contributed by atoms with E-state index in [4.69, 9.17) is 4.52 Å². The third kappa shape index (κ3) is 4.00. The van der Waals surface area contributed by atoms with Crippen LogP contribution in [0.3, 0.4) is 0 Å². The Balaban J connectivity index is 1.54. The molecule has 0 bridgehead atoms. The normalized spacial score (nSPS) is 17.1. The number of hydrogen-bond donors (Lipinski definition) is 1. The predicted molar refractivity (Wildman–Crippen MR) is 95.7 cm³/mol. The van der Waals surface area contributed by atoms with Gasteiger partial charge in [0, 0.05) is 18.7 Å². The Bertz CT molecular complexity index is 1050. The molecular formula is C20H16F3N3O3. The summed E-state index contributed by atoms with van der Waals surface area (Å²) in [6.07, 6.45) is -4.46. The van der Waals surface area contributed by atoms with E-state index in [1.165, 1.54) is 12.1 Å². The fourth-order valence-corrected chi connectivity index (χ4v) is 3.47. The molecule has 0 radical (unpaired) electrons. The quantitative estimate of drug-likeness (QED) is 0.711. The van der Waals surface area contributed by atoms with Crippen LogP contribution in [0.2, 0.25) is 0 Å². The predicted octanol–water partition coefficient (Wildman–Crippen LogP) is 3.94. The summed E-state index contributed by atoms with van der Waals surface area (Å²) in [4.78, 5) is 17.7. The maximum atomic E-state index is 12.9. The molecule has 2 heterocycles. The summed E-state index contributed by atoms with van der Waals surface area (Å²) in [5, 5.41) is 13.3. The molecule has 0 spiro atoms. The van der Waals surface area contributed by atoms with Crippen LogP contribution < -0.4 is 0 Å². The van der Waals surface area contributed by atoms with Crippen LogP contribution in [0.5, 0.6) is 0 Å². The minimum Gasteiger partial charge on any atom is -0.481 e. The number of halogens is 3.